The minimum atomic E-state index is -0.184. The molecule has 0 saturated heterocycles. The largest absolute Gasteiger partial charge is 0.197 e. The van der Waals surface area contributed by atoms with E-state index in [0.717, 1.165) is 17.3 Å². The minimum absolute atomic E-state index is 0.184. The van der Waals surface area contributed by atoms with E-state index in [2.05, 4.69) is 52.3 Å². The maximum atomic E-state index is 9.18. The third-order valence-corrected chi connectivity index (χ3v) is 3.81. The predicted molar refractivity (Wildman–Crippen MR) is 68.2 cm³/mol. The number of hydrogen-bond acceptors (Lipinski definition) is 1. The van der Waals surface area contributed by atoms with Crippen LogP contribution in [0.1, 0.15) is 18.4 Å². The molecule has 0 heterocycles. The van der Waals surface area contributed by atoms with Crippen molar-refractivity contribution < 1.29 is 0 Å². The van der Waals surface area contributed by atoms with Crippen molar-refractivity contribution in [3.8, 4) is 6.07 Å². The van der Waals surface area contributed by atoms with E-state index in [4.69, 9.17) is 0 Å². The van der Waals surface area contributed by atoms with Gasteiger partial charge in [0.05, 0.1) is 11.5 Å². The van der Waals surface area contributed by atoms with Crippen molar-refractivity contribution in [2.24, 2.45) is 0 Å². The van der Waals surface area contributed by atoms with E-state index in [9.17, 15) is 5.26 Å². The first-order valence-electron chi connectivity index (χ1n) is 5.35. The molecule has 1 saturated carbocycles. The van der Waals surface area contributed by atoms with Crippen molar-refractivity contribution >= 4 is 26.7 Å². The van der Waals surface area contributed by atoms with Crippen molar-refractivity contribution in [2.45, 2.75) is 18.3 Å². The SMILES string of the molecule is N#CC1(c2ccc3ccc(Br)cc3c2)CC1. The highest BCUT2D eigenvalue weighted by Crippen LogP contribution is 2.48. The highest BCUT2D eigenvalue weighted by Gasteiger charge is 2.44. The van der Waals surface area contributed by atoms with Gasteiger partial charge in [0.2, 0.25) is 0 Å². The van der Waals surface area contributed by atoms with Gasteiger partial charge < -0.3 is 0 Å². The molecule has 2 aromatic rings. The second kappa shape index (κ2) is 3.33. The molecule has 0 N–H and O–H groups in total. The lowest BCUT2D eigenvalue weighted by Crippen LogP contribution is -2.01. The highest BCUT2D eigenvalue weighted by molar-refractivity contribution is 9.10. The van der Waals surface area contributed by atoms with Crippen LogP contribution < -0.4 is 0 Å². The fourth-order valence-corrected chi connectivity index (χ4v) is 2.48. The molecule has 0 spiro atoms. The molecule has 78 valence electrons. The molecule has 0 amide bonds. The van der Waals surface area contributed by atoms with Crippen LogP contribution in [0.4, 0.5) is 0 Å². The zero-order valence-electron chi connectivity index (χ0n) is 8.70. The minimum Gasteiger partial charge on any atom is -0.197 e. The highest BCUT2D eigenvalue weighted by atomic mass is 79.9. The Hall–Kier alpha value is -1.33. The van der Waals surface area contributed by atoms with Crippen molar-refractivity contribution in [1.29, 1.82) is 5.26 Å². The summed E-state index contributed by atoms with van der Waals surface area (Å²) in [5.41, 5.74) is 0.983. The molecule has 2 heteroatoms. The molecular weight excluding hydrogens is 262 g/mol. The van der Waals surface area contributed by atoms with Gasteiger partial charge in [0.25, 0.3) is 0 Å². The number of nitrogens with zero attached hydrogens (tertiary/aromatic N) is 1. The fourth-order valence-electron chi connectivity index (χ4n) is 2.11. The van der Waals surface area contributed by atoms with Crippen LogP contribution in [0, 0.1) is 11.3 Å². The summed E-state index contributed by atoms with van der Waals surface area (Å²) in [7, 11) is 0. The molecule has 0 atom stereocenters. The summed E-state index contributed by atoms with van der Waals surface area (Å²) in [6.45, 7) is 0. The molecule has 0 aromatic heterocycles. The quantitative estimate of drug-likeness (QED) is 0.764. The predicted octanol–water partition coefficient (Wildman–Crippen LogP) is 4.16. The van der Waals surface area contributed by atoms with Crippen LogP contribution in [0.5, 0.6) is 0 Å². The number of nitriles is 1. The zero-order chi connectivity index (χ0) is 11.2. The number of rotatable bonds is 1. The second-order valence-electron chi connectivity index (χ2n) is 4.40. The lowest BCUT2D eigenvalue weighted by molar-refractivity contribution is 0.911. The van der Waals surface area contributed by atoms with E-state index in [-0.39, 0.29) is 5.41 Å². The van der Waals surface area contributed by atoms with Crippen LogP contribution in [0.15, 0.2) is 40.9 Å². The van der Waals surface area contributed by atoms with Crippen LogP contribution in [0.2, 0.25) is 0 Å². The molecule has 2 aromatic carbocycles. The number of benzene rings is 2. The van der Waals surface area contributed by atoms with Gasteiger partial charge in [-0.25, -0.2) is 0 Å². The maximum absolute atomic E-state index is 9.18. The molecule has 0 bridgehead atoms. The summed E-state index contributed by atoms with van der Waals surface area (Å²) >= 11 is 3.48. The number of hydrogen-bond donors (Lipinski definition) is 0. The van der Waals surface area contributed by atoms with Gasteiger partial charge in [0.1, 0.15) is 0 Å². The van der Waals surface area contributed by atoms with Crippen molar-refractivity contribution in [3.05, 3.63) is 46.4 Å². The average molecular weight is 272 g/mol. The van der Waals surface area contributed by atoms with Gasteiger partial charge in [-0.05, 0) is 47.4 Å². The Labute approximate surface area is 103 Å². The maximum Gasteiger partial charge on any atom is 0.0824 e. The van der Waals surface area contributed by atoms with Crippen LogP contribution in [0.3, 0.4) is 0 Å². The van der Waals surface area contributed by atoms with Gasteiger partial charge in [0.15, 0.2) is 0 Å². The summed E-state index contributed by atoms with van der Waals surface area (Å²) < 4.78 is 1.08. The van der Waals surface area contributed by atoms with E-state index >= 15 is 0 Å². The van der Waals surface area contributed by atoms with Crippen LogP contribution >= 0.6 is 15.9 Å². The third-order valence-electron chi connectivity index (χ3n) is 3.32. The molecule has 3 rings (SSSR count). The Bertz CT molecular complexity index is 606. The Balaban J connectivity index is 2.20. The Morgan fingerprint density at radius 3 is 2.50 bits per heavy atom. The molecule has 1 aliphatic rings. The fraction of sp³-hybridized carbons (Fsp3) is 0.214. The molecule has 1 aliphatic carbocycles. The molecule has 0 radical (unpaired) electrons. The Morgan fingerprint density at radius 2 is 1.81 bits per heavy atom. The molecule has 16 heavy (non-hydrogen) atoms. The molecule has 1 fully saturated rings. The smallest absolute Gasteiger partial charge is 0.0824 e. The molecule has 0 unspecified atom stereocenters. The van der Waals surface area contributed by atoms with Gasteiger partial charge >= 0.3 is 0 Å². The first kappa shape index (κ1) is 9.86. The van der Waals surface area contributed by atoms with E-state index in [1.807, 2.05) is 6.07 Å². The van der Waals surface area contributed by atoms with E-state index < -0.39 is 0 Å². The van der Waals surface area contributed by atoms with Crippen molar-refractivity contribution in [1.82, 2.24) is 0 Å². The average Bonchev–Trinajstić information content (AvgIpc) is 3.09. The van der Waals surface area contributed by atoms with Crippen molar-refractivity contribution in [2.75, 3.05) is 0 Å². The number of halogens is 1. The summed E-state index contributed by atoms with van der Waals surface area (Å²) in [5.74, 6) is 0. The van der Waals surface area contributed by atoms with E-state index in [1.165, 1.54) is 16.3 Å². The third kappa shape index (κ3) is 1.44. The van der Waals surface area contributed by atoms with Gasteiger partial charge in [-0.15, -0.1) is 0 Å². The summed E-state index contributed by atoms with van der Waals surface area (Å²) in [4.78, 5) is 0. The molecule has 1 nitrogen and oxygen atoms in total. The summed E-state index contributed by atoms with van der Waals surface area (Å²) in [6.07, 6.45) is 2.01. The van der Waals surface area contributed by atoms with Crippen LogP contribution in [-0.4, -0.2) is 0 Å². The van der Waals surface area contributed by atoms with Gasteiger partial charge in [-0.3, -0.25) is 0 Å². The van der Waals surface area contributed by atoms with Crippen LogP contribution in [0.25, 0.3) is 10.8 Å². The normalized spacial score (nSPS) is 17.0. The molecule has 0 aliphatic heterocycles. The molecular formula is C14H10BrN. The lowest BCUT2D eigenvalue weighted by Gasteiger charge is -2.07. The second-order valence-corrected chi connectivity index (χ2v) is 5.32. The monoisotopic (exact) mass is 271 g/mol. The Morgan fingerprint density at radius 1 is 1.06 bits per heavy atom. The lowest BCUT2D eigenvalue weighted by atomic mass is 9.95. The zero-order valence-corrected chi connectivity index (χ0v) is 10.3. The Kier molecular flexibility index (Phi) is 2.05. The first-order valence-corrected chi connectivity index (χ1v) is 6.14. The van der Waals surface area contributed by atoms with Gasteiger partial charge in [0, 0.05) is 4.47 Å². The summed E-state index contributed by atoms with van der Waals surface area (Å²) in [6, 6.07) is 15.0. The first-order chi connectivity index (χ1) is 7.73. The van der Waals surface area contributed by atoms with Gasteiger partial charge in [-0.1, -0.05) is 34.1 Å². The van der Waals surface area contributed by atoms with Crippen molar-refractivity contribution in [3.63, 3.8) is 0 Å². The standard InChI is InChI=1S/C14H10BrN/c15-13-4-2-10-1-3-12(7-11(10)8-13)14(9-16)5-6-14/h1-4,7-8H,5-6H2. The summed E-state index contributed by atoms with van der Waals surface area (Å²) in [5, 5.41) is 11.6. The van der Waals surface area contributed by atoms with Crippen LogP contribution in [-0.2, 0) is 5.41 Å². The van der Waals surface area contributed by atoms with E-state index in [0.29, 0.717) is 0 Å². The van der Waals surface area contributed by atoms with Gasteiger partial charge in [-0.2, -0.15) is 5.26 Å². The number of fused-ring (bicyclic) bond motifs is 1. The van der Waals surface area contributed by atoms with E-state index in [1.54, 1.807) is 0 Å². The topological polar surface area (TPSA) is 23.8 Å².